The summed E-state index contributed by atoms with van der Waals surface area (Å²) in [5, 5.41) is 9.31. The normalized spacial score (nSPS) is 12.7. The molecule has 1 aromatic carbocycles. The highest BCUT2D eigenvalue weighted by atomic mass is 32.2. The Hall–Kier alpha value is -1.69. The average Bonchev–Trinajstić information content (AvgIpc) is 2.76. The highest BCUT2D eigenvalue weighted by Gasteiger charge is 2.16. The molecule has 1 unspecified atom stereocenters. The van der Waals surface area contributed by atoms with Crippen LogP contribution in [-0.4, -0.2) is 36.8 Å². The zero-order chi connectivity index (χ0) is 14.7. The van der Waals surface area contributed by atoms with E-state index in [9.17, 15) is 14.1 Å². The van der Waals surface area contributed by atoms with Gasteiger partial charge in [0.15, 0.2) is 0 Å². The number of carboxylic acids is 1. The summed E-state index contributed by atoms with van der Waals surface area (Å²) in [6, 6.07) is 5.14. The Morgan fingerprint density at radius 2 is 2.20 bits per heavy atom. The van der Waals surface area contributed by atoms with Crippen LogP contribution >= 0.6 is 0 Å². The van der Waals surface area contributed by atoms with Crippen LogP contribution in [0.2, 0.25) is 0 Å². The topological polar surface area (TPSA) is 72.2 Å². The van der Waals surface area contributed by atoms with Crippen molar-refractivity contribution in [1.29, 1.82) is 0 Å². The van der Waals surface area contributed by atoms with E-state index in [0.29, 0.717) is 23.3 Å². The van der Waals surface area contributed by atoms with Crippen LogP contribution < -0.4 is 0 Å². The van der Waals surface area contributed by atoms with Crippen LogP contribution in [0.3, 0.4) is 0 Å². The van der Waals surface area contributed by atoms with Crippen LogP contribution in [0, 0.1) is 0 Å². The van der Waals surface area contributed by atoms with Gasteiger partial charge < -0.3 is 9.67 Å². The molecule has 1 N–H and O–H groups in total. The second-order valence-corrected chi connectivity index (χ2v) is 6.20. The van der Waals surface area contributed by atoms with Crippen molar-refractivity contribution in [3.05, 3.63) is 29.6 Å². The van der Waals surface area contributed by atoms with Crippen molar-refractivity contribution < 1.29 is 14.1 Å². The van der Waals surface area contributed by atoms with Crippen LogP contribution in [0.1, 0.15) is 29.5 Å². The summed E-state index contributed by atoms with van der Waals surface area (Å²) in [7, 11) is -0.834. The summed E-state index contributed by atoms with van der Waals surface area (Å²) < 4.78 is 13.1. The number of carbonyl (C=O) groups is 1. The number of fused-ring (bicyclic) bond motifs is 1. The lowest BCUT2D eigenvalue weighted by molar-refractivity contribution is 0.0698. The fraction of sp³-hybridized carbons (Fsp3) is 0.429. The number of nitrogens with zero attached hydrogens (tertiary/aromatic N) is 2. The van der Waals surface area contributed by atoms with E-state index in [1.807, 2.05) is 17.6 Å². The minimum Gasteiger partial charge on any atom is -0.478 e. The van der Waals surface area contributed by atoms with E-state index in [4.69, 9.17) is 0 Å². The van der Waals surface area contributed by atoms with E-state index in [-0.39, 0.29) is 5.56 Å². The number of imidazole rings is 1. The Bertz CT molecular complexity index is 664. The van der Waals surface area contributed by atoms with Crippen molar-refractivity contribution in [3.8, 4) is 0 Å². The van der Waals surface area contributed by atoms with Gasteiger partial charge in [-0.2, -0.15) is 0 Å². The maximum absolute atomic E-state index is 11.4. The van der Waals surface area contributed by atoms with Crippen LogP contribution in [0.5, 0.6) is 0 Å². The molecule has 0 fully saturated rings. The molecule has 0 spiro atoms. The van der Waals surface area contributed by atoms with Gasteiger partial charge in [0.2, 0.25) is 0 Å². The Morgan fingerprint density at radius 1 is 1.45 bits per heavy atom. The number of aromatic carboxylic acids is 1. The molecule has 0 aliphatic rings. The molecule has 0 saturated heterocycles. The van der Waals surface area contributed by atoms with E-state index in [2.05, 4.69) is 4.98 Å². The second kappa shape index (κ2) is 6.17. The summed E-state index contributed by atoms with van der Waals surface area (Å²) >= 11 is 0. The van der Waals surface area contributed by atoms with Gasteiger partial charge in [-0.25, -0.2) is 9.78 Å². The molecule has 20 heavy (non-hydrogen) atoms. The molecule has 6 heteroatoms. The Balaban J connectivity index is 2.48. The minimum absolute atomic E-state index is 0.271. The minimum atomic E-state index is -0.946. The lowest BCUT2D eigenvalue weighted by Gasteiger charge is -2.09. The van der Waals surface area contributed by atoms with Gasteiger partial charge >= 0.3 is 5.97 Å². The number of benzene rings is 1. The van der Waals surface area contributed by atoms with Crippen LogP contribution in [0.4, 0.5) is 0 Å². The highest BCUT2D eigenvalue weighted by molar-refractivity contribution is 7.84. The Kier molecular flexibility index (Phi) is 4.54. The average molecular weight is 294 g/mol. The summed E-state index contributed by atoms with van der Waals surface area (Å²) in [5.41, 5.74) is 1.64. The predicted molar refractivity (Wildman–Crippen MR) is 79.6 cm³/mol. The first-order valence-corrected chi connectivity index (χ1v) is 8.28. The fourth-order valence-corrected chi connectivity index (χ4v) is 2.88. The van der Waals surface area contributed by atoms with Gasteiger partial charge in [-0.15, -0.1) is 0 Å². The highest BCUT2D eigenvalue weighted by Crippen LogP contribution is 2.21. The maximum Gasteiger partial charge on any atom is 0.337 e. The van der Waals surface area contributed by atoms with Crippen molar-refractivity contribution in [1.82, 2.24) is 9.55 Å². The van der Waals surface area contributed by atoms with Crippen molar-refractivity contribution in [2.45, 2.75) is 26.3 Å². The molecule has 108 valence electrons. The Morgan fingerprint density at radius 3 is 2.80 bits per heavy atom. The molecule has 2 aromatic rings. The molecule has 2 rings (SSSR count). The first-order valence-electron chi connectivity index (χ1n) is 6.56. The number of para-hydroxylation sites is 1. The summed E-state index contributed by atoms with van der Waals surface area (Å²) in [6.45, 7) is 2.64. The molecule has 0 amide bonds. The number of aryl methyl sites for hydroxylation is 2. The third kappa shape index (κ3) is 2.90. The van der Waals surface area contributed by atoms with E-state index < -0.39 is 16.8 Å². The molecular weight excluding hydrogens is 276 g/mol. The lowest BCUT2D eigenvalue weighted by Crippen LogP contribution is -2.09. The molecule has 0 bridgehead atoms. The van der Waals surface area contributed by atoms with Crippen molar-refractivity contribution in [3.63, 3.8) is 0 Å². The summed E-state index contributed by atoms with van der Waals surface area (Å²) in [4.78, 5) is 15.9. The van der Waals surface area contributed by atoms with Gasteiger partial charge in [0.05, 0.1) is 16.6 Å². The zero-order valence-electron chi connectivity index (χ0n) is 11.6. The molecule has 1 heterocycles. The van der Waals surface area contributed by atoms with Crippen molar-refractivity contribution in [2.75, 3.05) is 12.0 Å². The third-order valence-corrected chi connectivity index (χ3v) is 4.07. The zero-order valence-corrected chi connectivity index (χ0v) is 12.4. The van der Waals surface area contributed by atoms with E-state index in [1.165, 1.54) is 0 Å². The van der Waals surface area contributed by atoms with Gasteiger partial charge in [0.25, 0.3) is 0 Å². The van der Waals surface area contributed by atoms with Crippen LogP contribution in [0.25, 0.3) is 11.0 Å². The number of rotatable bonds is 6. The first-order chi connectivity index (χ1) is 9.54. The van der Waals surface area contributed by atoms with Gasteiger partial charge in [0.1, 0.15) is 5.82 Å². The molecule has 5 nitrogen and oxygen atoms in total. The van der Waals surface area contributed by atoms with Crippen molar-refractivity contribution in [2.24, 2.45) is 0 Å². The molecule has 1 aromatic heterocycles. The number of carboxylic acid groups (broad SMARTS) is 1. The molecule has 0 aliphatic carbocycles. The van der Waals surface area contributed by atoms with Crippen molar-refractivity contribution >= 4 is 27.8 Å². The van der Waals surface area contributed by atoms with E-state index in [1.54, 1.807) is 18.4 Å². The predicted octanol–water partition coefficient (Wildman–Crippen LogP) is 2.07. The molecular formula is C14H18N2O3S. The first kappa shape index (κ1) is 14.7. The number of aromatic nitrogens is 2. The van der Waals surface area contributed by atoms with Gasteiger partial charge in [0, 0.05) is 35.8 Å². The van der Waals surface area contributed by atoms with Crippen LogP contribution in [0.15, 0.2) is 18.2 Å². The van der Waals surface area contributed by atoms with Gasteiger partial charge in [-0.3, -0.25) is 4.21 Å². The van der Waals surface area contributed by atoms with Gasteiger partial charge in [-0.05, 0) is 18.6 Å². The maximum atomic E-state index is 11.4. The molecule has 1 atom stereocenters. The number of hydrogen-bond acceptors (Lipinski definition) is 3. The standard InChI is InChI=1S/C14H18N2O3S/c1-3-12-15-11-7-4-6-10(14(17)18)13(11)16(12)8-5-9-20(2)19/h4,6-7H,3,5,8-9H2,1-2H3,(H,17,18). The smallest absolute Gasteiger partial charge is 0.337 e. The van der Waals surface area contributed by atoms with E-state index >= 15 is 0 Å². The fourth-order valence-electron chi connectivity index (χ4n) is 2.34. The SMILES string of the molecule is CCc1nc2cccc(C(=O)O)c2n1CCCS(C)=O. The largest absolute Gasteiger partial charge is 0.478 e. The van der Waals surface area contributed by atoms with Crippen LogP contribution in [-0.2, 0) is 23.8 Å². The molecule has 0 radical (unpaired) electrons. The third-order valence-electron chi connectivity index (χ3n) is 3.21. The Labute approximate surface area is 120 Å². The number of hydrogen-bond donors (Lipinski definition) is 1. The van der Waals surface area contributed by atoms with E-state index in [0.717, 1.165) is 18.7 Å². The monoisotopic (exact) mass is 294 g/mol. The summed E-state index contributed by atoms with van der Waals surface area (Å²) in [6.07, 6.45) is 3.16. The lowest BCUT2D eigenvalue weighted by atomic mass is 10.2. The summed E-state index contributed by atoms with van der Waals surface area (Å²) in [5.74, 6) is 0.534. The van der Waals surface area contributed by atoms with Gasteiger partial charge in [-0.1, -0.05) is 13.0 Å². The quantitative estimate of drug-likeness (QED) is 0.885. The second-order valence-electron chi connectivity index (χ2n) is 4.64. The molecule has 0 aliphatic heterocycles. The molecule has 0 saturated carbocycles.